The van der Waals surface area contributed by atoms with Gasteiger partial charge in [0.05, 0.1) is 0 Å². The van der Waals surface area contributed by atoms with E-state index in [0.717, 1.165) is 50.2 Å². The SMILES string of the molecule is CCCc1cc(NN)nc(C2(C)CCCCO2)n1. The third-order valence-electron chi connectivity index (χ3n) is 3.38. The number of hydrazine groups is 1. The third kappa shape index (κ3) is 2.79. The van der Waals surface area contributed by atoms with E-state index in [-0.39, 0.29) is 5.60 Å². The Morgan fingerprint density at radius 3 is 2.89 bits per heavy atom. The molecule has 0 spiro atoms. The lowest BCUT2D eigenvalue weighted by molar-refractivity contribution is -0.0760. The monoisotopic (exact) mass is 250 g/mol. The van der Waals surface area contributed by atoms with Crippen molar-refractivity contribution in [3.05, 3.63) is 17.6 Å². The second-order valence-corrected chi connectivity index (χ2v) is 5.00. The number of aryl methyl sites for hydroxylation is 1. The van der Waals surface area contributed by atoms with E-state index < -0.39 is 0 Å². The lowest BCUT2D eigenvalue weighted by Gasteiger charge is -2.32. The third-order valence-corrected chi connectivity index (χ3v) is 3.38. The lowest BCUT2D eigenvalue weighted by atomic mass is 9.95. The highest BCUT2D eigenvalue weighted by molar-refractivity contribution is 5.35. The van der Waals surface area contributed by atoms with Crippen molar-refractivity contribution in [3.63, 3.8) is 0 Å². The molecule has 100 valence electrons. The van der Waals surface area contributed by atoms with Gasteiger partial charge in [-0.1, -0.05) is 13.3 Å². The fraction of sp³-hybridized carbons (Fsp3) is 0.692. The highest BCUT2D eigenvalue weighted by Crippen LogP contribution is 2.33. The number of nitrogens with one attached hydrogen (secondary N) is 1. The van der Waals surface area contributed by atoms with Crippen molar-refractivity contribution in [2.45, 2.75) is 51.6 Å². The molecule has 0 radical (unpaired) electrons. The van der Waals surface area contributed by atoms with E-state index in [4.69, 9.17) is 10.6 Å². The Balaban J connectivity index is 2.32. The van der Waals surface area contributed by atoms with Crippen LogP contribution >= 0.6 is 0 Å². The van der Waals surface area contributed by atoms with Crippen molar-refractivity contribution in [1.82, 2.24) is 9.97 Å². The first kappa shape index (κ1) is 13.2. The fourth-order valence-electron chi connectivity index (χ4n) is 2.30. The zero-order chi connectivity index (χ0) is 13.0. The highest BCUT2D eigenvalue weighted by atomic mass is 16.5. The number of hydrogen-bond acceptors (Lipinski definition) is 5. The van der Waals surface area contributed by atoms with Gasteiger partial charge in [-0.3, -0.25) is 0 Å². The van der Waals surface area contributed by atoms with Gasteiger partial charge in [0.25, 0.3) is 0 Å². The molecule has 2 rings (SSSR count). The summed E-state index contributed by atoms with van der Waals surface area (Å²) in [5, 5.41) is 0. The zero-order valence-corrected chi connectivity index (χ0v) is 11.2. The van der Waals surface area contributed by atoms with E-state index in [1.165, 1.54) is 0 Å². The lowest BCUT2D eigenvalue weighted by Crippen LogP contribution is -2.33. The number of nitrogens with zero attached hydrogens (tertiary/aromatic N) is 2. The molecule has 2 heterocycles. The summed E-state index contributed by atoms with van der Waals surface area (Å²) in [6, 6.07) is 1.90. The van der Waals surface area contributed by atoms with E-state index >= 15 is 0 Å². The van der Waals surface area contributed by atoms with Crippen molar-refractivity contribution >= 4 is 5.82 Å². The standard InChI is InChI=1S/C13H22N4O/c1-3-6-10-9-11(17-14)16-12(15-10)13(2)7-4-5-8-18-13/h9H,3-8,14H2,1-2H3,(H,15,16,17). The van der Waals surface area contributed by atoms with Crippen LogP contribution in [-0.2, 0) is 16.8 Å². The predicted molar refractivity (Wildman–Crippen MR) is 71.0 cm³/mol. The molecule has 5 heteroatoms. The first-order valence-electron chi connectivity index (χ1n) is 6.67. The summed E-state index contributed by atoms with van der Waals surface area (Å²) in [6.45, 7) is 4.98. The molecule has 0 saturated carbocycles. The first-order valence-corrected chi connectivity index (χ1v) is 6.67. The molecule has 1 atom stereocenters. The largest absolute Gasteiger partial charge is 0.367 e. The minimum Gasteiger partial charge on any atom is -0.367 e. The van der Waals surface area contributed by atoms with E-state index in [0.29, 0.717) is 5.82 Å². The molecule has 0 bridgehead atoms. The van der Waals surface area contributed by atoms with Crippen LogP contribution in [0.1, 0.15) is 51.0 Å². The van der Waals surface area contributed by atoms with Gasteiger partial charge in [-0.05, 0) is 32.6 Å². The van der Waals surface area contributed by atoms with Gasteiger partial charge in [0.1, 0.15) is 11.4 Å². The van der Waals surface area contributed by atoms with Crippen LogP contribution in [0.2, 0.25) is 0 Å². The Morgan fingerprint density at radius 2 is 2.28 bits per heavy atom. The fourth-order valence-corrected chi connectivity index (χ4v) is 2.30. The van der Waals surface area contributed by atoms with Crippen LogP contribution in [-0.4, -0.2) is 16.6 Å². The highest BCUT2D eigenvalue weighted by Gasteiger charge is 2.33. The minimum absolute atomic E-state index is 0.367. The first-order chi connectivity index (χ1) is 8.68. The average molecular weight is 250 g/mol. The molecule has 1 aliphatic heterocycles. The number of ether oxygens (including phenoxy) is 1. The molecule has 18 heavy (non-hydrogen) atoms. The predicted octanol–water partition coefficient (Wildman–Crippen LogP) is 2.13. The van der Waals surface area contributed by atoms with Crippen molar-refractivity contribution < 1.29 is 4.74 Å². The quantitative estimate of drug-likeness (QED) is 0.632. The Morgan fingerprint density at radius 1 is 1.44 bits per heavy atom. The van der Waals surface area contributed by atoms with Crippen molar-refractivity contribution in [2.75, 3.05) is 12.0 Å². The van der Waals surface area contributed by atoms with E-state index in [2.05, 4.69) is 29.2 Å². The van der Waals surface area contributed by atoms with Gasteiger partial charge in [-0.15, -0.1) is 0 Å². The molecule has 1 saturated heterocycles. The maximum Gasteiger partial charge on any atom is 0.162 e. The van der Waals surface area contributed by atoms with Gasteiger partial charge in [0.15, 0.2) is 5.82 Å². The van der Waals surface area contributed by atoms with Gasteiger partial charge in [0, 0.05) is 18.4 Å². The topological polar surface area (TPSA) is 73.1 Å². The zero-order valence-electron chi connectivity index (χ0n) is 11.2. The summed E-state index contributed by atoms with van der Waals surface area (Å²) in [4.78, 5) is 9.09. The van der Waals surface area contributed by atoms with Crippen molar-refractivity contribution in [2.24, 2.45) is 5.84 Å². The van der Waals surface area contributed by atoms with Crippen LogP contribution in [0.4, 0.5) is 5.82 Å². The number of hydrogen-bond donors (Lipinski definition) is 2. The molecule has 0 amide bonds. The molecule has 1 aromatic rings. The summed E-state index contributed by atoms with van der Waals surface area (Å²) in [6.07, 6.45) is 5.22. The normalized spacial score (nSPS) is 23.9. The molecular formula is C13H22N4O. The molecule has 0 aromatic carbocycles. The van der Waals surface area contributed by atoms with Gasteiger partial charge in [-0.25, -0.2) is 15.8 Å². The smallest absolute Gasteiger partial charge is 0.162 e. The molecule has 1 aromatic heterocycles. The van der Waals surface area contributed by atoms with E-state index in [9.17, 15) is 0 Å². The Hall–Kier alpha value is -1.20. The summed E-state index contributed by atoms with van der Waals surface area (Å²) in [5.74, 6) is 6.89. The minimum atomic E-state index is -0.367. The average Bonchev–Trinajstić information content (AvgIpc) is 2.39. The van der Waals surface area contributed by atoms with E-state index in [1.54, 1.807) is 0 Å². The molecule has 1 aliphatic rings. The van der Waals surface area contributed by atoms with Crippen LogP contribution in [0.25, 0.3) is 0 Å². The summed E-state index contributed by atoms with van der Waals surface area (Å²) < 4.78 is 5.89. The Labute approximate surface area is 108 Å². The van der Waals surface area contributed by atoms with Gasteiger partial charge < -0.3 is 10.2 Å². The van der Waals surface area contributed by atoms with Crippen LogP contribution in [0.5, 0.6) is 0 Å². The number of anilines is 1. The second-order valence-electron chi connectivity index (χ2n) is 5.00. The summed E-state index contributed by atoms with van der Waals surface area (Å²) >= 11 is 0. The number of aromatic nitrogens is 2. The number of rotatable bonds is 4. The van der Waals surface area contributed by atoms with Crippen LogP contribution in [0.15, 0.2) is 6.07 Å². The Kier molecular flexibility index (Phi) is 4.14. The van der Waals surface area contributed by atoms with Crippen molar-refractivity contribution in [1.29, 1.82) is 0 Å². The second kappa shape index (κ2) is 5.63. The number of nitrogen functional groups attached to an aromatic ring is 1. The Bertz CT molecular complexity index is 402. The van der Waals surface area contributed by atoms with E-state index in [1.807, 2.05) is 6.07 Å². The van der Waals surface area contributed by atoms with Crippen molar-refractivity contribution in [3.8, 4) is 0 Å². The van der Waals surface area contributed by atoms with Crippen LogP contribution in [0.3, 0.4) is 0 Å². The molecule has 0 aliphatic carbocycles. The number of nitrogens with two attached hydrogens (primary N) is 1. The van der Waals surface area contributed by atoms with Gasteiger partial charge >= 0.3 is 0 Å². The molecular weight excluding hydrogens is 228 g/mol. The summed E-state index contributed by atoms with van der Waals surface area (Å²) in [7, 11) is 0. The molecule has 1 unspecified atom stereocenters. The molecule has 1 fully saturated rings. The van der Waals surface area contributed by atoms with Crippen LogP contribution < -0.4 is 11.3 Å². The maximum atomic E-state index is 5.89. The summed E-state index contributed by atoms with van der Waals surface area (Å²) in [5.41, 5.74) is 3.27. The van der Waals surface area contributed by atoms with Gasteiger partial charge in [0.2, 0.25) is 0 Å². The maximum absolute atomic E-state index is 5.89. The molecule has 3 N–H and O–H groups in total. The molecule has 5 nitrogen and oxygen atoms in total. The van der Waals surface area contributed by atoms with Crippen LogP contribution in [0, 0.1) is 0 Å². The van der Waals surface area contributed by atoms with Gasteiger partial charge in [-0.2, -0.15) is 0 Å².